The molecule has 0 atom stereocenters. The molecule has 2 aromatic heterocycles. The first-order chi connectivity index (χ1) is 13.3. The lowest BCUT2D eigenvalue weighted by atomic mass is 10.2. The molecule has 136 valence electrons. The molecule has 0 fully saturated rings. The SMILES string of the molecule is COc1ccc(C)cc1-n1c(SCc2ccccc2)nnc1-c1cccs1. The molecule has 0 unspecified atom stereocenters. The van der Waals surface area contributed by atoms with E-state index >= 15 is 0 Å². The molecule has 27 heavy (non-hydrogen) atoms. The van der Waals surface area contributed by atoms with Gasteiger partial charge in [-0.2, -0.15) is 0 Å². The van der Waals surface area contributed by atoms with Crippen molar-refractivity contribution in [2.75, 3.05) is 7.11 Å². The van der Waals surface area contributed by atoms with E-state index < -0.39 is 0 Å². The van der Waals surface area contributed by atoms with Crippen LogP contribution in [0, 0.1) is 6.92 Å². The van der Waals surface area contributed by atoms with Gasteiger partial charge >= 0.3 is 0 Å². The molecular weight excluding hydrogens is 374 g/mol. The van der Waals surface area contributed by atoms with Gasteiger partial charge in [0.15, 0.2) is 11.0 Å². The van der Waals surface area contributed by atoms with Gasteiger partial charge in [0.05, 0.1) is 17.7 Å². The van der Waals surface area contributed by atoms with Crippen molar-refractivity contribution >= 4 is 23.1 Å². The van der Waals surface area contributed by atoms with Crippen molar-refractivity contribution in [2.24, 2.45) is 0 Å². The van der Waals surface area contributed by atoms with E-state index in [4.69, 9.17) is 4.74 Å². The van der Waals surface area contributed by atoms with Gasteiger partial charge in [-0.1, -0.05) is 54.2 Å². The van der Waals surface area contributed by atoms with Gasteiger partial charge in [-0.3, -0.25) is 4.57 Å². The van der Waals surface area contributed by atoms with Gasteiger partial charge in [-0.05, 0) is 41.6 Å². The predicted octanol–water partition coefficient (Wildman–Crippen LogP) is 5.61. The Labute approximate surface area is 166 Å². The minimum absolute atomic E-state index is 0.805. The zero-order valence-electron chi connectivity index (χ0n) is 15.1. The number of thiophene rings is 1. The Balaban J connectivity index is 1.80. The van der Waals surface area contributed by atoms with Crippen LogP contribution in [0.25, 0.3) is 16.4 Å². The molecule has 0 amide bonds. The number of thioether (sulfide) groups is 1. The van der Waals surface area contributed by atoms with Gasteiger partial charge < -0.3 is 4.74 Å². The monoisotopic (exact) mass is 393 g/mol. The fourth-order valence-electron chi connectivity index (χ4n) is 2.84. The number of hydrogen-bond donors (Lipinski definition) is 0. The maximum atomic E-state index is 5.63. The molecule has 0 saturated carbocycles. The molecule has 6 heteroatoms. The van der Waals surface area contributed by atoms with Crippen LogP contribution in [0.4, 0.5) is 0 Å². The second-order valence-electron chi connectivity index (χ2n) is 6.07. The lowest BCUT2D eigenvalue weighted by Gasteiger charge is -2.14. The smallest absolute Gasteiger partial charge is 0.196 e. The van der Waals surface area contributed by atoms with E-state index in [0.29, 0.717) is 0 Å². The first kappa shape index (κ1) is 17.8. The van der Waals surface area contributed by atoms with Crippen molar-refractivity contribution in [1.29, 1.82) is 0 Å². The summed E-state index contributed by atoms with van der Waals surface area (Å²) in [5.41, 5.74) is 3.38. The summed E-state index contributed by atoms with van der Waals surface area (Å²) in [4.78, 5) is 1.08. The topological polar surface area (TPSA) is 39.9 Å². The Morgan fingerprint density at radius 1 is 1.04 bits per heavy atom. The number of rotatable bonds is 6. The van der Waals surface area contributed by atoms with E-state index in [1.165, 1.54) is 5.56 Å². The molecule has 4 nitrogen and oxygen atoms in total. The number of nitrogens with zero attached hydrogens (tertiary/aromatic N) is 3. The molecule has 0 radical (unpaired) electrons. The first-order valence-corrected chi connectivity index (χ1v) is 10.4. The number of methoxy groups -OCH3 is 1. The maximum Gasteiger partial charge on any atom is 0.196 e. The fourth-order valence-corrected chi connectivity index (χ4v) is 4.44. The second kappa shape index (κ2) is 7.98. The van der Waals surface area contributed by atoms with Crippen molar-refractivity contribution in [2.45, 2.75) is 17.8 Å². The first-order valence-electron chi connectivity index (χ1n) is 8.57. The van der Waals surface area contributed by atoms with E-state index in [0.717, 1.165) is 38.6 Å². The second-order valence-corrected chi connectivity index (χ2v) is 7.96. The van der Waals surface area contributed by atoms with E-state index in [1.54, 1.807) is 30.2 Å². The summed E-state index contributed by atoms with van der Waals surface area (Å²) in [6.45, 7) is 2.08. The number of aromatic nitrogens is 3. The van der Waals surface area contributed by atoms with Crippen LogP contribution in [0.5, 0.6) is 5.75 Å². The zero-order chi connectivity index (χ0) is 18.6. The summed E-state index contributed by atoms with van der Waals surface area (Å²) in [6.07, 6.45) is 0. The minimum atomic E-state index is 0.805. The molecule has 4 rings (SSSR count). The minimum Gasteiger partial charge on any atom is -0.495 e. The summed E-state index contributed by atoms with van der Waals surface area (Å²) in [7, 11) is 1.69. The van der Waals surface area contributed by atoms with E-state index in [2.05, 4.69) is 63.5 Å². The van der Waals surface area contributed by atoms with E-state index in [9.17, 15) is 0 Å². The van der Waals surface area contributed by atoms with Gasteiger partial charge in [-0.25, -0.2) is 0 Å². The Morgan fingerprint density at radius 2 is 1.89 bits per heavy atom. The van der Waals surface area contributed by atoms with Crippen LogP contribution in [0.3, 0.4) is 0 Å². The Morgan fingerprint density at radius 3 is 2.63 bits per heavy atom. The van der Waals surface area contributed by atoms with Crippen LogP contribution < -0.4 is 4.74 Å². The summed E-state index contributed by atoms with van der Waals surface area (Å²) in [5, 5.41) is 11.9. The predicted molar refractivity (Wildman–Crippen MR) is 112 cm³/mol. The highest BCUT2D eigenvalue weighted by Gasteiger charge is 2.19. The number of benzene rings is 2. The number of ether oxygens (including phenoxy) is 1. The Hall–Kier alpha value is -2.57. The van der Waals surface area contributed by atoms with E-state index in [-0.39, 0.29) is 0 Å². The van der Waals surface area contributed by atoms with Crippen molar-refractivity contribution in [3.63, 3.8) is 0 Å². The average Bonchev–Trinajstić information content (AvgIpc) is 3.36. The van der Waals surface area contributed by atoms with Crippen LogP contribution in [-0.2, 0) is 5.75 Å². The molecule has 0 saturated heterocycles. The summed E-state index contributed by atoms with van der Waals surface area (Å²) in [6, 6.07) is 20.7. The van der Waals surface area contributed by atoms with Crippen LogP contribution in [-0.4, -0.2) is 21.9 Å². The van der Waals surface area contributed by atoms with Crippen LogP contribution in [0.2, 0.25) is 0 Å². The highest BCUT2D eigenvalue weighted by Crippen LogP contribution is 2.35. The molecule has 0 aliphatic heterocycles. The molecule has 0 bridgehead atoms. The van der Waals surface area contributed by atoms with Gasteiger partial charge in [0.25, 0.3) is 0 Å². The third-order valence-electron chi connectivity index (χ3n) is 4.16. The van der Waals surface area contributed by atoms with Crippen molar-refractivity contribution < 1.29 is 4.74 Å². The molecule has 0 N–H and O–H groups in total. The third-order valence-corrected chi connectivity index (χ3v) is 6.03. The molecule has 4 aromatic rings. The van der Waals surface area contributed by atoms with Gasteiger partial charge in [0.1, 0.15) is 5.75 Å². The van der Waals surface area contributed by atoms with Gasteiger partial charge in [0.2, 0.25) is 0 Å². The Kier molecular flexibility index (Phi) is 5.27. The van der Waals surface area contributed by atoms with Crippen LogP contribution >= 0.6 is 23.1 Å². The Bertz CT molecular complexity index is 1030. The highest BCUT2D eigenvalue weighted by molar-refractivity contribution is 7.98. The van der Waals surface area contributed by atoms with E-state index in [1.807, 2.05) is 24.3 Å². The third kappa shape index (κ3) is 3.77. The van der Waals surface area contributed by atoms with Gasteiger partial charge in [-0.15, -0.1) is 21.5 Å². The summed E-state index contributed by atoms with van der Waals surface area (Å²) >= 11 is 3.33. The summed E-state index contributed by atoms with van der Waals surface area (Å²) < 4.78 is 7.73. The van der Waals surface area contributed by atoms with Crippen LogP contribution in [0.15, 0.2) is 71.2 Å². The largest absolute Gasteiger partial charge is 0.495 e. The van der Waals surface area contributed by atoms with Crippen molar-refractivity contribution in [1.82, 2.24) is 14.8 Å². The fraction of sp³-hybridized carbons (Fsp3) is 0.143. The number of hydrogen-bond acceptors (Lipinski definition) is 5. The lowest BCUT2D eigenvalue weighted by molar-refractivity contribution is 0.412. The standard InChI is InChI=1S/C21H19N3OS2/c1-15-10-11-18(25-2)17(13-15)24-20(19-9-6-12-26-19)22-23-21(24)27-14-16-7-4-3-5-8-16/h3-13H,14H2,1-2H3. The molecular formula is C21H19N3OS2. The molecule has 2 aromatic carbocycles. The summed E-state index contributed by atoms with van der Waals surface area (Å²) in [5.74, 6) is 2.47. The highest BCUT2D eigenvalue weighted by atomic mass is 32.2. The molecule has 0 spiro atoms. The average molecular weight is 394 g/mol. The normalized spacial score (nSPS) is 10.9. The number of aryl methyl sites for hydroxylation is 1. The van der Waals surface area contributed by atoms with Gasteiger partial charge in [0, 0.05) is 5.75 Å². The quantitative estimate of drug-likeness (QED) is 0.400. The zero-order valence-corrected chi connectivity index (χ0v) is 16.8. The van der Waals surface area contributed by atoms with Crippen molar-refractivity contribution in [3.8, 4) is 22.1 Å². The molecule has 2 heterocycles. The molecule has 0 aliphatic rings. The van der Waals surface area contributed by atoms with Crippen LogP contribution in [0.1, 0.15) is 11.1 Å². The van der Waals surface area contributed by atoms with Crippen molar-refractivity contribution in [3.05, 3.63) is 77.2 Å². The maximum absolute atomic E-state index is 5.63. The molecule has 0 aliphatic carbocycles. The lowest BCUT2D eigenvalue weighted by Crippen LogP contribution is -2.02.